The summed E-state index contributed by atoms with van der Waals surface area (Å²) in [6, 6.07) is 24.3. The fourth-order valence-corrected chi connectivity index (χ4v) is 6.45. The van der Waals surface area contributed by atoms with Crippen LogP contribution >= 0.6 is 34.7 Å². The maximum atomic E-state index is 14.1. The Bertz CT molecular complexity index is 1680. The summed E-state index contributed by atoms with van der Waals surface area (Å²) in [6.45, 7) is 3.79. The van der Waals surface area contributed by atoms with E-state index in [-0.39, 0.29) is 11.5 Å². The number of carbonyl (C=O) groups excluding carboxylic acids is 1. The zero-order valence-electron chi connectivity index (χ0n) is 20.9. The molecule has 0 fully saturated rings. The van der Waals surface area contributed by atoms with Gasteiger partial charge in [-0.1, -0.05) is 71.9 Å². The van der Waals surface area contributed by atoms with Crippen molar-refractivity contribution in [1.29, 1.82) is 0 Å². The van der Waals surface area contributed by atoms with Crippen LogP contribution in [0.2, 0.25) is 5.02 Å². The highest BCUT2D eigenvalue weighted by Gasteiger charge is 2.24. The van der Waals surface area contributed by atoms with Crippen molar-refractivity contribution < 1.29 is 9.53 Å². The van der Waals surface area contributed by atoms with Crippen LogP contribution in [0.1, 0.15) is 11.8 Å². The Morgan fingerprint density at radius 2 is 1.76 bits per heavy atom. The standard InChI is InChI=1S/C29H24ClN3O3S2/c1-17-24(19-10-6-4-7-11-19)25-27(37-17)32-29(33(28(25)35)21-12-8-5-9-13-21)38-18(2)26(34)31-20-14-15-23(36-3)22(30)16-20/h4-16,18H,1-3H3,(H,31,34). The summed E-state index contributed by atoms with van der Waals surface area (Å²) in [5.41, 5.74) is 2.94. The molecule has 3 aromatic carbocycles. The molecular weight excluding hydrogens is 538 g/mol. The van der Waals surface area contributed by atoms with E-state index in [1.54, 1.807) is 29.7 Å². The number of amides is 1. The maximum Gasteiger partial charge on any atom is 0.268 e. The van der Waals surface area contributed by atoms with Crippen LogP contribution in [0, 0.1) is 6.92 Å². The van der Waals surface area contributed by atoms with Gasteiger partial charge in [0.05, 0.1) is 28.5 Å². The molecule has 5 rings (SSSR count). The normalized spacial score (nSPS) is 11.9. The number of anilines is 1. The number of nitrogens with zero attached hydrogens (tertiary/aromatic N) is 2. The molecule has 1 amide bonds. The quantitative estimate of drug-likeness (QED) is 0.168. The molecule has 38 heavy (non-hydrogen) atoms. The van der Waals surface area contributed by atoms with Crippen molar-refractivity contribution in [1.82, 2.24) is 9.55 Å². The van der Waals surface area contributed by atoms with Crippen LogP contribution in [0.3, 0.4) is 0 Å². The predicted octanol–water partition coefficient (Wildman–Crippen LogP) is 7.20. The lowest BCUT2D eigenvalue weighted by molar-refractivity contribution is -0.115. The van der Waals surface area contributed by atoms with Crippen molar-refractivity contribution in [3.63, 3.8) is 0 Å². The van der Waals surface area contributed by atoms with Gasteiger partial charge in [0, 0.05) is 16.1 Å². The number of thiophene rings is 1. The topological polar surface area (TPSA) is 73.2 Å². The zero-order chi connectivity index (χ0) is 26.8. The summed E-state index contributed by atoms with van der Waals surface area (Å²) in [5, 5.41) is 3.77. The molecule has 1 atom stereocenters. The number of hydrogen-bond acceptors (Lipinski definition) is 6. The Labute approximate surface area is 233 Å². The fraction of sp³-hybridized carbons (Fsp3) is 0.138. The highest BCUT2D eigenvalue weighted by atomic mass is 35.5. The van der Waals surface area contributed by atoms with Gasteiger partial charge in [0.15, 0.2) is 5.16 Å². The van der Waals surface area contributed by atoms with Crippen LogP contribution in [0.15, 0.2) is 88.8 Å². The third-order valence-electron chi connectivity index (χ3n) is 6.02. The minimum Gasteiger partial charge on any atom is -0.495 e. The van der Waals surface area contributed by atoms with E-state index >= 15 is 0 Å². The van der Waals surface area contributed by atoms with E-state index in [9.17, 15) is 9.59 Å². The third kappa shape index (κ3) is 5.07. The Morgan fingerprint density at radius 3 is 2.42 bits per heavy atom. The van der Waals surface area contributed by atoms with Gasteiger partial charge in [-0.2, -0.15) is 0 Å². The average molecular weight is 562 g/mol. The Hall–Kier alpha value is -3.59. The number of benzene rings is 3. The maximum absolute atomic E-state index is 14.1. The predicted molar refractivity (Wildman–Crippen MR) is 157 cm³/mol. The van der Waals surface area contributed by atoms with Gasteiger partial charge in [-0.3, -0.25) is 14.2 Å². The van der Waals surface area contributed by atoms with Crippen molar-refractivity contribution in [2.75, 3.05) is 12.4 Å². The molecule has 0 saturated carbocycles. The highest BCUT2D eigenvalue weighted by Crippen LogP contribution is 2.37. The largest absolute Gasteiger partial charge is 0.495 e. The summed E-state index contributed by atoms with van der Waals surface area (Å²) in [6.07, 6.45) is 0. The number of rotatable bonds is 7. The Morgan fingerprint density at radius 1 is 1.08 bits per heavy atom. The van der Waals surface area contributed by atoms with Crippen LogP contribution in [-0.2, 0) is 4.79 Å². The number of aromatic nitrogens is 2. The van der Waals surface area contributed by atoms with Crippen molar-refractivity contribution in [3.8, 4) is 22.6 Å². The second kappa shape index (κ2) is 11.0. The van der Waals surface area contributed by atoms with Gasteiger partial charge in [0.1, 0.15) is 10.6 Å². The van der Waals surface area contributed by atoms with E-state index in [1.807, 2.05) is 67.6 Å². The molecule has 1 unspecified atom stereocenters. The smallest absolute Gasteiger partial charge is 0.268 e. The molecule has 0 radical (unpaired) electrons. The van der Waals surface area contributed by atoms with Crippen LogP contribution in [0.25, 0.3) is 27.0 Å². The summed E-state index contributed by atoms with van der Waals surface area (Å²) in [7, 11) is 1.53. The summed E-state index contributed by atoms with van der Waals surface area (Å²) >= 11 is 8.93. The van der Waals surface area contributed by atoms with E-state index in [1.165, 1.54) is 30.2 Å². The minimum absolute atomic E-state index is 0.165. The molecule has 0 spiro atoms. The molecule has 2 heterocycles. The number of methoxy groups -OCH3 is 1. The number of thioether (sulfide) groups is 1. The van der Waals surface area contributed by atoms with Gasteiger partial charge < -0.3 is 10.1 Å². The first kappa shape index (κ1) is 26.0. The Kier molecular flexibility index (Phi) is 7.56. The van der Waals surface area contributed by atoms with Gasteiger partial charge >= 0.3 is 0 Å². The molecule has 5 aromatic rings. The van der Waals surface area contributed by atoms with Crippen molar-refractivity contribution in [2.45, 2.75) is 24.3 Å². The SMILES string of the molecule is COc1ccc(NC(=O)C(C)Sc2nc3sc(C)c(-c4ccccc4)c3c(=O)n2-c2ccccc2)cc1Cl. The lowest BCUT2D eigenvalue weighted by Crippen LogP contribution is -2.26. The molecule has 6 nitrogen and oxygen atoms in total. The second-order valence-electron chi connectivity index (χ2n) is 8.55. The van der Waals surface area contributed by atoms with Gasteiger partial charge in [0.25, 0.3) is 5.56 Å². The fourth-order valence-electron chi connectivity index (χ4n) is 4.18. The molecule has 9 heteroatoms. The van der Waals surface area contributed by atoms with Crippen LogP contribution < -0.4 is 15.6 Å². The number of carbonyl (C=O) groups is 1. The minimum atomic E-state index is -0.551. The molecule has 0 aliphatic rings. The van der Waals surface area contributed by atoms with Gasteiger partial charge in [-0.15, -0.1) is 11.3 Å². The molecular formula is C29H24ClN3O3S2. The van der Waals surface area contributed by atoms with E-state index in [0.29, 0.717) is 37.5 Å². The van der Waals surface area contributed by atoms with E-state index in [4.69, 9.17) is 21.3 Å². The number of halogens is 1. The van der Waals surface area contributed by atoms with Crippen LogP contribution in [0.5, 0.6) is 5.75 Å². The van der Waals surface area contributed by atoms with Crippen LogP contribution in [0.4, 0.5) is 5.69 Å². The number of aryl methyl sites for hydroxylation is 1. The molecule has 2 aromatic heterocycles. The average Bonchev–Trinajstić information content (AvgIpc) is 3.25. The van der Waals surface area contributed by atoms with E-state index in [0.717, 1.165) is 16.0 Å². The molecule has 1 N–H and O–H groups in total. The number of nitrogens with one attached hydrogen (secondary N) is 1. The monoisotopic (exact) mass is 561 g/mol. The van der Waals surface area contributed by atoms with Crippen LogP contribution in [-0.4, -0.2) is 27.8 Å². The number of para-hydroxylation sites is 1. The van der Waals surface area contributed by atoms with Gasteiger partial charge in [-0.25, -0.2) is 4.98 Å². The summed E-state index contributed by atoms with van der Waals surface area (Å²) in [4.78, 5) is 33.8. The first-order valence-electron chi connectivity index (χ1n) is 11.9. The van der Waals surface area contributed by atoms with Crippen molar-refractivity contribution in [3.05, 3.63) is 99.1 Å². The van der Waals surface area contributed by atoms with Gasteiger partial charge in [0.2, 0.25) is 5.91 Å². The van der Waals surface area contributed by atoms with Gasteiger partial charge in [-0.05, 0) is 49.7 Å². The molecule has 0 aliphatic heterocycles. The van der Waals surface area contributed by atoms with E-state index in [2.05, 4.69) is 5.32 Å². The molecule has 0 saturated heterocycles. The summed E-state index contributed by atoms with van der Waals surface area (Å²) in [5.74, 6) is 0.287. The lowest BCUT2D eigenvalue weighted by atomic mass is 10.0. The zero-order valence-corrected chi connectivity index (χ0v) is 23.3. The number of fused-ring (bicyclic) bond motifs is 1. The highest BCUT2D eigenvalue weighted by molar-refractivity contribution is 8.00. The van der Waals surface area contributed by atoms with Crippen molar-refractivity contribution in [2.24, 2.45) is 0 Å². The molecule has 192 valence electrons. The molecule has 0 aliphatic carbocycles. The summed E-state index contributed by atoms with van der Waals surface area (Å²) < 4.78 is 6.78. The Balaban J connectivity index is 1.56. The first-order valence-corrected chi connectivity index (χ1v) is 13.9. The second-order valence-corrected chi connectivity index (χ2v) is 11.5. The number of ether oxygens (including phenoxy) is 1. The molecule has 0 bridgehead atoms. The number of hydrogen-bond donors (Lipinski definition) is 1. The first-order chi connectivity index (χ1) is 18.4. The van der Waals surface area contributed by atoms with Crippen molar-refractivity contribution >= 4 is 56.5 Å². The van der Waals surface area contributed by atoms with E-state index < -0.39 is 5.25 Å². The third-order valence-corrected chi connectivity index (χ3v) is 8.37. The lowest BCUT2D eigenvalue weighted by Gasteiger charge is -2.16.